The fourth-order valence-corrected chi connectivity index (χ4v) is 2.20. The number of carbonyl (C=O) groups is 1. The van der Waals surface area contributed by atoms with Gasteiger partial charge in [0.1, 0.15) is 5.76 Å². The standard InChI is InChI=1S/C16H15NO4/c1-2-19-16(18)13-14(12-9-6-10-20-12)21-15(17-13)11-7-4-3-5-8-11/h3-10,13-14H,2H2,1H3. The van der Waals surface area contributed by atoms with Gasteiger partial charge in [-0.3, -0.25) is 0 Å². The number of benzene rings is 1. The molecule has 2 atom stereocenters. The molecule has 1 aromatic heterocycles. The molecule has 2 heterocycles. The van der Waals surface area contributed by atoms with Crippen LogP contribution in [0.5, 0.6) is 0 Å². The van der Waals surface area contributed by atoms with Crippen molar-refractivity contribution in [1.82, 2.24) is 0 Å². The van der Waals surface area contributed by atoms with Gasteiger partial charge in [-0.15, -0.1) is 0 Å². The summed E-state index contributed by atoms with van der Waals surface area (Å²) in [5, 5.41) is 0. The highest BCUT2D eigenvalue weighted by molar-refractivity contribution is 5.98. The highest BCUT2D eigenvalue weighted by atomic mass is 16.5. The molecule has 0 fully saturated rings. The third-order valence-electron chi connectivity index (χ3n) is 3.15. The van der Waals surface area contributed by atoms with E-state index in [4.69, 9.17) is 13.9 Å². The summed E-state index contributed by atoms with van der Waals surface area (Å²) in [4.78, 5) is 16.5. The number of aliphatic imine (C=N–C) groups is 1. The number of nitrogens with zero attached hydrogens (tertiary/aromatic N) is 1. The van der Waals surface area contributed by atoms with Crippen molar-refractivity contribution in [2.24, 2.45) is 4.99 Å². The Hall–Kier alpha value is -2.56. The van der Waals surface area contributed by atoms with Crippen molar-refractivity contribution in [3.05, 3.63) is 60.1 Å². The summed E-state index contributed by atoms with van der Waals surface area (Å²) in [7, 11) is 0. The van der Waals surface area contributed by atoms with E-state index in [1.807, 2.05) is 30.3 Å². The minimum absolute atomic E-state index is 0.302. The summed E-state index contributed by atoms with van der Waals surface area (Å²) in [6, 6.07) is 12.2. The van der Waals surface area contributed by atoms with Gasteiger partial charge in [-0.1, -0.05) is 18.2 Å². The molecule has 0 saturated carbocycles. The minimum Gasteiger partial charge on any atom is -0.465 e. The lowest BCUT2D eigenvalue weighted by molar-refractivity contribution is -0.146. The molecule has 2 unspecified atom stereocenters. The molecule has 1 aromatic carbocycles. The maximum absolute atomic E-state index is 12.1. The van der Waals surface area contributed by atoms with E-state index in [0.717, 1.165) is 5.56 Å². The maximum Gasteiger partial charge on any atom is 0.335 e. The Labute approximate surface area is 122 Å². The Morgan fingerprint density at radius 2 is 2.05 bits per heavy atom. The maximum atomic E-state index is 12.1. The summed E-state index contributed by atoms with van der Waals surface area (Å²) in [6.07, 6.45) is 0.954. The SMILES string of the molecule is CCOC(=O)C1N=C(c2ccccc2)OC1c1ccco1. The lowest BCUT2D eigenvalue weighted by Gasteiger charge is -2.14. The highest BCUT2D eigenvalue weighted by Crippen LogP contribution is 2.32. The van der Waals surface area contributed by atoms with E-state index in [1.54, 1.807) is 25.3 Å². The Kier molecular flexibility index (Phi) is 3.73. The quantitative estimate of drug-likeness (QED) is 0.810. The first-order valence-electron chi connectivity index (χ1n) is 6.79. The number of rotatable bonds is 4. The van der Waals surface area contributed by atoms with Gasteiger partial charge in [0.2, 0.25) is 5.90 Å². The topological polar surface area (TPSA) is 61.0 Å². The van der Waals surface area contributed by atoms with Gasteiger partial charge in [0.05, 0.1) is 12.9 Å². The van der Waals surface area contributed by atoms with Gasteiger partial charge in [0.25, 0.3) is 0 Å². The van der Waals surface area contributed by atoms with E-state index in [1.165, 1.54) is 0 Å². The van der Waals surface area contributed by atoms with Crippen molar-refractivity contribution in [1.29, 1.82) is 0 Å². The van der Waals surface area contributed by atoms with E-state index < -0.39 is 18.1 Å². The van der Waals surface area contributed by atoms with E-state index in [0.29, 0.717) is 18.3 Å². The van der Waals surface area contributed by atoms with Crippen molar-refractivity contribution in [3.8, 4) is 0 Å². The molecule has 0 N–H and O–H groups in total. The van der Waals surface area contributed by atoms with E-state index in [-0.39, 0.29) is 0 Å². The largest absolute Gasteiger partial charge is 0.465 e. The van der Waals surface area contributed by atoms with E-state index in [9.17, 15) is 4.79 Å². The Balaban J connectivity index is 1.91. The van der Waals surface area contributed by atoms with Crippen molar-refractivity contribution in [2.45, 2.75) is 19.1 Å². The van der Waals surface area contributed by atoms with Crippen LogP contribution in [0.1, 0.15) is 24.4 Å². The number of hydrogen-bond acceptors (Lipinski definition) is 5. The van der Waals surface area contributed by atoms with E-state index >= 15 is 0 Å². The smallest absolute Gasteiger partial charge is 0.335 e. The first-order valence-corrected chi connectivity index (χ1v) is 6.79. The Morgan fingerprint density at radius 3 is 2.71 bits per heavy atom. The summed E-state index contributed by atoms with van der Waals surface area (Å²) in [6.45, 7) is 2.06. The second-order valence-electron chi connectivity index (χ2n) is 4.55. The fraction of sp³-hybridized carbons (Fsp3) is 0.250. The molecule has 108 valence electrons. The average Bonchev–Trinajstić information content (AvgIpc) is 3.17. The van der Waals surface area contributed by atoms with E-state index in [2.05, 4.69) is 4.99 Å². The fourth-order valence-electron chi connectivity index (χ4n) is 2.20. The number of carbonyl (C=O) groups excluding carboxylic acids is 1. The van der Waals surface area contributed by atoms with Crippen LogP contribution in [-0.2, 0) is 14.3 Å². The third-order valence-corrected chi connectivity index (χ3v) is 3.15. The van der Waals surface area contributed by atoms with Crippen LogP contribution in [0.3, 0.4) is 0 Å². The third kappa shape index (κ3) is 2.67. The van der Waals surface area contributed by atoms with Crippen molar-refractivity contribution in [3.63, 3.8) is 0 Å². The van der Waals surface area contributed by atoms with Gasteiger partial charge in [-0.25, -0.2) is 9.79 Å². The lowest BCUT2D eigenvalue weighted by atomic mass is 10.1. The van der Waals surface area contributed by atoms with Crippen molar-refractivity contribution >= 4 is 11.9 Å². The molecule has 0 amide bonds. The summed E-state index contributed by atoms with van der Waals surface area (Å²) in [5.41, 5.74) is 0.820. The first kappa shape index (κ1) is 13.4. The van der Waals surface area contributed by atoms with Gasteiger partial charge >= 0.3 is 5.97 Å². The van der Waals surface area contributed by atoms with Crippen molar-refractivity contribution < 1.29 is 18.7 Å². The normalized spacial score (nSPS) is 20.7. The number of hydrogen-bond donors (Lipinski definition) is 0. The first-order chi connectivity index (χ1) is 10.3. The number of esters is 1. The summed E-state index contributed by atoms with van der Waals surface area (Å²) in [5.74, 6) is 0.572. The number of furan rings is 1. The second-order valence-corrected chi connectivity index (χ2v) is 4.55. The molecule has 5 nitrogen and oxygen atoms in total. The Bertz CT molecular complexity index is 634. The van der Waals surface area contributed by atoms with Gasteiger partial charge < -0.3 is 13.9 Å². The van der Waals surface area contributed by atoms with Crippen LogP contribution >= 0.6 is 0 Å². The highest BCUT2D eigenvalue weighted by Gasteiger charge is 2.40. The average molecular weight is 285 g/mol. The van der Waals surface area contributed by atoms with Crippen LogP contribution in [0.15, 0.2) is 58.1 Å². The molecule has 0 spiro atoms. The molecule has 0 aliphatic carbocycles. The number of ether oxygens (including phenoxy) is 2. The second kappa shape index (κ2) is 5.83. The van der Waals surface area contributed by atoms with Crippen LogP contribution < -0.4 is 0 Å². The van der Waals surface area contributed by atoms with Crippen LogP contribution in [-0.4, -0.2) is 24.5 Å². The van der Waals surface area contributed by atoms with Crippen LogP contribution in [0.4, 0.5) is 0 Å². The van der Waals surface area contributed by atoms with Gasteiger partial charge in [-0.2, -0.15) is 0 Å². The predicted molar refractivity (Wildman–Crippen MR) is 75.9 cm³/mol. The molecule has 21 heavy (non-hydrogen) atoms. The molecule has 5 heteroatoms. The lowest BCUT2D eigenvalue weighted by Crippen LogP contribution is -2.26. The van der Waals surface area contributed by atoms with Gasteiger partial charge in [0, 0.05) is 5.56 Å². The van der Waals surface area contributed by atoms with Crippen LogP contribution in [0, 0.1) is 0 Å². The summed E-state index contributed by atoms with van der Waals surface area (Å²) >= 11 is 0. The minimum atomic E-state index is -0.744. The molecule has 3 rings (SSSR count). The molecular formula is C16H15NO4. The predicted octanol–water partition coefficient (Wildman–Crippen LogP) is 2.73. The van der Waals surface area contributed by atoms with Crippen LogP contribution in [0.2, 0.25) is 0 Å². The molecule has 0 radical (unpaired) electrons. The molecule has 2 aromatic rings. The molecule has 0 saturated heterocycles. The molecule has 1 aliphatic heterocycles. The van der Waals surface area contributed by atoms with Crippen LogP contribution in [0.25, 0.3) is 0 Å². The Morgan fingerprint density at radius 1 is 1.24 bits per heavy atom. The molecule has 0 bridgehead atoms. The summed E-state index contributed by atoms with van der Waals surface area (Å²) < 4.78 is 16.3. The monoisotopic (exact) mass is 285 g/mol. The molecule has 1 aliphatic rings. The van der Waals surface area contributed by atoms with Gasteiger partial charge in [-0.05, 0) is 31.2 Å². The van der Waals surface area contributed by atoms with Crippen molar-refractivity contribution in [2.75, 3.05) is 6.61 Å². The molecular weight excluding hydrogens is 270 g/mol. The zero-order chi connectivity index (χ0) is 14.7. The van der Waals surface area contributed by atoms with Gasteiger partial charge in [0.15, 0.2) is 12.1 Å². The zero-order valence-electron chi connectivity index (χ0n) is 11.6. The zero-order valence-corrected chi connectivity index (χ0v) is 11.6.